The molecule has 38 heavy (non-hydrogen) atoms. The van der Waals surface area contributed by atoms with Crippen molar-refractivity contribution in [2.45, 2.75) is 38.3 Å². The highest BCUT2D eigenvalue weighted by Crippen LogP contribution is 2.30. The van der Waals surface area contributed by atoms with E-state index < -0.39 is 0 Å². The normalized spacial score (nSPS) is 11.9. The lowest BCUT2D eigenvalue weighted by atomic mass is 9.87. The number of nitrogens with one attached hydrogen (secondary N) is 1. The Morgan fingerprint density at radius 1 is 1.00 bits per heavy atom. The fraction of sp³-hybridized carbons (Fsp3) is 0.241. The Morgan fingerprint density at radius 2 is 1.66 bits per heavy atom. The van der Waals surface area contributed by atoms with Crippen LogP contribution in [0.5, 0.6) is 5.75 Å². The standard InChI is InChI=1S/C29H30FN5O2S/c1-19(20-8-12-23(30)13-9-20)31-32-26(36)18-38-28-34-33-27(21-6-10-22(11-7-21)29(2,3)4)35(28)24-14-16-25(37-5)17-15-24/h6-17H,18H2,1-5H3,(H,32,36). The zero-order chi connectivity index (χ0) is 27.3. The average Bonchev–Trinajstić information content (AvgIpc) is 3.34. The third-order valence-corrected chi connectivity index (χ3v) is 6.84. The molecular weight excluding hydrogens is 501 g/mol. The van der Waals surface area contributed by atoms with E-state index in [4.69, 9.17) is 4.74 Å². The van der Waals surface area contributed by atoms with Crippen molar-refractivity contribution in [2.75, 3.05) is 12.9 Å². The molecule has 1 amide bonds. The first-order valence-corrected chi connectivity index (χ1v) is 13.1. The number of hydrazone groups is 1. The van der Waals surface area contributed by atoms with Gasteiger partial charge in [0.25, 0.3) is 5.91 Å². The van der Waals surface area contributed by atoms with Gasteiger partial charge in [-0.1, -0.05) is 68.9 Å². The summed E-state index contributed by atoms with van der Waals surface area (Å²) in [5.41, 5.74) is 6.87. The van der Waals surface area contributed by atoms with Gasteiger partial charge in [0, 0.05) is 11.3 Å². The molecule has 196 valence electrons. The van der Waals surface area contributed by atoms with Gasteiger partial charge in [-0.05, 0) is 59.9 Å². The molecule has 0 unspecified atom stereocenters. The van der Waals surface area contributed by atoms with Gasteiger partial charge < -0.3 is 4.74 Å². The summed E-state index contributed by atoms with van der Waals surface area (Å²) in [6, 6.07) is 21.8. The minimum atomic E-state index is -0.326. The second-order valence-corrected chi connectivity index (χ2v) is 10.6. The van der Waals surface area contributed by atoms with Crippen LogP contribution >= 0.6 is 11.8 Å². The molecule has 9 heteroatoms. The smallest absolute Gasteiger partial charge is 0.250 e. The highest BCUT2D eigenvalue weighted by Gasteiger charge is 2.19. The number of rotatable bonds is 8. The SMILES string of the molecule is COc1ccc(-n2c(SCC(=O)NN=C(C)c3ccc(F)cc3)nnc2-c2ccc(C(C)(C)C)cc2)cc1. The second-order valence-electron chi connectivity index (χ2n) is 9.69. The minimum Gasteiger partial charge on any atom is -0.497 e. The molecule has 0 atom stereocenters. The summed E-state index contributed by atoms with van der Waals surface area (Å²) < 4.78 is 20.4. The number of ether oxygens (including phenoxy) is 1. The Balaban J connectivity index is 1.56. The van der Waals surface area contributed by atoms with Crippen molar-refractivity contribution in [3.63, 3.8) is 0 Å². The zero-order valence-corrected chi connectivity index (χ0v) is 22.8. The van der Waals surface area contributed by atoms with Crippen LogP contribution in [-0.4, -0.2) is 39.2 Å². The molecule has 1 aromatic heterocycles. The van der Waals surface area contributed by atoms with Crippen molar-refractivity contribution in [1.82, 2.24) is 20.2 Å². The van der Waals surface area contributed by atoms with E-state index in [1.807, 2.05) is 41.0 Å². The lowest BCUT2D eigenvalue weighted by molar-refractivity contribution is -0.118. The van der Waals surface area contributed by atoms with Gasteiger partial charge in [0.05, 0.1) is 18.6 Å². The van der Waals surface area contributed by atoms with E-state index in [9.17, 15) is 9.18 Å². The predicted molar refractivity (Wildman–Crippen MR) is 150 cm³/mol. The molecule has 0 saturated carbocycles. The van der Waals surface area contributed by atoms with E-state index in [0.717, 1.165) is 22.6 Å². The molecule has 0 radical (unpaired) electrons. The summed E-state index contributed by atoms with van der Waals surface area (Å²) in [5.74, 6) is 0.867. The van der Waals surface area contributed by atoms with Crippen LogP contribution in [0.3, 0.4) is 0 Å². The molecular formula is C29H30FN5O2S. The highest BCUT2D eigenvalue weighted by molar-refractivity contribution is 7.99. The van der Waals surface area contributed by atoms with Gasteiger partial charge in [-0.15, -0.1) is 10.2 Å². The van der Waals surface area contributed by atoms with Crippen molar-refractivity contribution in [3.05, 3.63) is 89.7 Å². The maximum absolute atomic E-state index is 13.2. The Morgan fingerprint density at radius 3 is 2.26 bits per heavy atom. The van der Waals surface area contributed by atoms with Gasteiger partial charge in [0.1, 0.15) is 11.6 Å². The monoisotopic (exact) mass is 531 g/mol. The quantitative estimate of drug-likeness (QED) is 0.171. The van der Waals surface area contributed by atoms with E-state index in [1.165, 1.54) is 29.5 Å². The number of amides is 1. The van der Waals surface area contributed by atoms with Gasteiger partial charge in [-0.25, -0.2) is 9.82 Å². The van der Waals surface area contributed by atoms with Crippen molar-refractivity contribution >= 4 is 23.4 Å². The molecule has 0 spiro atoms. The minimum absolute atomic E-state index is 0.0358. The molecule has 1 N–H and O–H groups in total. The average molecular weight is 532 g/mol. The Bertz CT molecular complexity index is 1420. The van der Waals surface area contributed by atoms with Gasteiger partial charge in [0.15, 0.2) is 11.0 Å². The fourth-order valence-corrected chi connectivity index (χ4v) is 4.44. The van der Waals surface area contributed by atoms with Crippen LogP contribution in [-0.2, 0) is 10.2 Å². The maximum Gasteiger partial charge on any atom is 0.250 e. The molecule has 0 bridgehead atoms. The topological polar surface area (TPSA) is 81.4 Å². The van der Waals surface area contributed by atoms with E-state index >= 15 is 0 Å². The van der Waals surface area contributed by atoms with Crippen LogP contribution < -0.4 is 10.2 Å². The number of hydrogen-bond donors (Lipinski definition) is 1. The van der Waals surface area contributed by atoms with Crippen molar-refractivity contribution in [3.8, 4) is 22.8 Å². The number of carbonyl (C=O) groups excluding carboxylic acids is 1. The van der Waals surface area contributed by atoms with Crippen LogP contribution in [0.1, 0.15) is 38.8 Å². The summed E-state index contributed by atoms with van der Waals surface area (Å²) in [4.78, 5) is 12.6. The molecule has 1 heterocycles. The number of thioether (sulfide) groups is 1. The van der Waals surface area contributed by atoms with Crippen LogP contribution in [0.15, 0.2) is 83.1 Å². The molecule has 0 aliphatic carbocycles. The Hall–Kier alpha value is -3.98. The van der Waals surface area contributed by atoms with E-state index in [0.29, 0.717) is 16.7 Å². The van der Waals surface area contributed by atoms with Gasteiger partial charge in [-0.3, -0.25) is 9.36 Å². The molecule has 4 aromatic rings. The van der Waals surface area contributed by atoms with Gasteiger partial charge in [-0.2, -0.15) is 5.10 Å². The van der Waals surface area contributed by atoms with Gasteiger partial charge in [0.2, 0.25) is 0 Å². The number of nitrogens with zero attached hydrogens (tertiary/aromatic N) is 4. The second kappa shape index (κ2) is 11.6. The lowest BCUT2D eigenvalue weighted by Gasteiger charge is -2.19. The molecule has 0 fully saturated rings. The van der Waals surface area contributed by atoms with Crippen LogP contribution in [0.2, 0.25) is 0 Å². The highest BCUT2D eigenvalue weighted by atomic mass is 32.2. The third-order valence-electron chi connectivity index (χ3n) is 5.92. The first-order chi connectivity index (χ1) is 18.2. The number of hydrogen-bond acceptors (Lipinski definition) is 6. The van der Waals surface area contributed by atoms with Crippen LogP contribution in [0, 0.1) is 5.82 Å². The summed E-state index contributed by atoms with van der Waals surface area (Å²) >= 11 is 1.26. The number of benzene rings is 3. The van der Waals surface area contributed by atoms with E-state index in [1.54, 1.807) is 26.2 Å². The molecule has 4 rings (SSSR count). The lowest BCUT2D eigenvalue weighted by Crippen LogP contribution is -2.21. The first kappa shape index (κ1) is 27.1. The summed E-state index contributed by atoms with van der Waals surface area (Å²) in [5, 5.41) is 13.6. The Kier molecular flexibility index (Phi) is 8.26. The van der Waals surface area contributed by atoms with Crippen molar-refractivity contribution in [1.29, 1.82) is 0 Å². The summed E-state index contributed by atoms with van der Waals surface area (Å²) in [6.45, 7) is 8.27. The zero-order valence-electron chi connectivity index (χ0n) is 22.0. The van der Waals surface area contributed by atoms with Gasteiger partial charge >= 0.3 is 0 Å². The fourth-order valence-electron chi connectivity index (χ4n) is 3.70. The van der Waals surface area contributed by atoms with E-state index in [2.05, 4.69) is 53.6 Å². The first-order valence-electron chi connectivity index (χ1n) is 12.1. The van der Waals surface area contributed by atoms with Crippen LogP contribution in [0.25, 0.3) is 17.1 Å². The number of halogens is 1. The molecule has 0 saturated heterocycles. The number of carbonyl (C=O) groups is 1. The van der Waals surface area contributed by atoms with Crippen molar-refractivity contribution < 1.29 is 13.9 Å². The van der Waals surface area contributed by atoms with Crippen molar-refractivity contribution in [2.24, 2.45) is 5.10 Å². The number of aromatic nitrogens is 3. The largest absolute Gasteiger partial charge is 0.497 e. The maximum atomic E-state index is 13.2. The van der Waals surface area contributed by atoms with E-state index in [-0.39, 0.29) is 22.9 Å². The predicted octanol–water partition coefficient (Wildman–Crippen LogP) is 6.01. The summed E-state index contributed by atoms with van der Waals surface area (Å²) in [7, 11) is 1.62. The molecule has 0 aliphatic rings. The number of methoxy groups -OCH3 is 1. The molecule has 0 aliphatic heterocycles. The van der Waals surface area contributed by atoms with Crippen LogP contribution in [0.4, 0.5) is 4.39 Å². The third kappa shape index (κ3) is 6.47. The molecule has 7 nitrogen and oxygen atoms in total. The molecule has 3 aromatic carbocycles. The summed E-state index contributed by atoms with van der Waals surface area (Å²) in [6.07, 6.45) is 0. The Labute approximate surface area is 226 Å².